The molecule has 0 bridgehead atoms. The van der Waals surface area contributed by atoms with Gasteiger partial charge in [-0.15, -0.1) is 0 Å². The molecule has 1 aliphatic rings. The molecule has 0 aliphatic carbocycles. The van der Waals surface area contributed by atoms with Gasteiger partial charge in [0.25, 0.3) is 5.91 Å². The van der Waals surface area contributed by atoms with Crippen molar-refractivity contribution in [3.63, 3.8) is 0 Å². The summed E-state index contributed by atoms with van der Waals surface area (Å²) in [5.41, 5.74) is 0.465. The summed E-state index contributed by atoms with van der Waals surface area (Å²) in [6, 6.07) is 4.66. The van der Waals surface area contributed by atoms with Gasteiger partial charge in [-0.1, -0.05) is 13.8 Å². The van der Waals surface area contributed by atoms with Crippen molar-refractivity contribution in [2.45, 2.75) is 52.0 Å². The smallest absolute Gasteiger partial charge is 0.252 e. The first-order valence-corrected chi connectivity index (χ1v) is 9.14. The summed E-state index contributed by atoms with van der Waals surface area (Å²) in [5, 5.41) is 5.65. The van der Waals surface area contributed by atoms with Crippen molar-refractivity contribution in [1.29, 1.82) is 0 Å². The molecule has 0 saturated carbocycles. The highest BCUT2D eigenvalue weighted by atomic mass is 16.5. The van der Waals surface area contributed by atoms with Crippen LogP contribution in [0, 0.1) is 0 Å². The van der Waals surface area contributed by atoms with Gasteiger partial charge in [0.15, 0.2) is 11.5 Å². The number of hydrogen-bond acceptors (Lipinski definition) is 4. The summed E-state index contributed by atoms with van der Waals surface area (Å²) >= 11 is 0. The van der Waals surface area contributed by atoms with Crippen LogP contribution in [0.1, 0.15) is 56.3 Å². The van der Waals surface area contributed by atoms with Crippen LogP contribution in [0.4, 0.5) is 0 Å². The zero-order valence-electron chi connectivity index (χ0n) is 15.1. The second-order valence-electron chi connectivity index (χ2n) is 6.17. The van der Waals surface area contributed by atoms with Crippen molar-refractivity contribution in [3.05, 3.63) is 23.8 Å². The summed E-state index contributed by atoms with van der Waals surface area (Å²) in [6.07, 6.45) is 4.28. The van der Waals surface area contributed by atoms with E-state index in [2.05, 4.69) is 10.6 Å². The number of hydrogen-bond donors (Lipinski definition) is 2. The van der Waals surface area contributed by atoms with Gasteiger partial charge in [-0.25, -0.2) is 0 Å². The molecular formula is C19H28N2O4. The minimum absolute atomic E-state index is 0.115. The van der Waals surface area contributed by atoms with Gasteiger partial charge in [0.2, 0.25) is 5.91 Å². The number of nitrogens with one attached hydrogen (secondary N) is 2. The lowest BCUT2D eigenvalue weighted by molar-refractivity contribution is -0.122. The molecule has 2 rings (SSSR count). The Kier molecular flexibility index (Phi) is 7.57. The lowest BCUT2D eigenvalue weighted by Gasteiger charge is -2.17. The summed E-state index contributed by atoms with van der Waals surface area (Å²) < 4.78 is 11.4. The van der Waals surface area contributed by atoms with E-state index >= 15 is 0 Å². The average molecular weight is 348 g/mol. The normalized spacial score (nSPS) is 17.4. The maximum absolute atomic E-state index is 12.5. The predicted octanol–water partition coefficient (Wildman–Crippen LogP) is 2.66. The molecule has 138 valence electrons. The average Bonchev–Trinajstić information content (AvgIpc) is 2.83. The predicted molar refractivity (Wildman–Crippen MR) is 96.1 cm³/mol. The SMILES string of the molecule is CCCOc1ccc(C(=O)N[C@H]2CCCCNC2=O)cc1OCCC. The molecule has 2 amide bonds. The molecule has 1 aliphatic heterocycles. The van der Waals surface area contributed by atoms with E-state index in [9.17, 15) is 9.59 Å². The van der Waals surface area contributed by atoms with E-state index in [1.54, 1.807) is 18.2 Å². The van der Waals surface area contributed by atoms with Crippen LogP contribution in [-0.2, 0) is 4.79 Å². The molecule has 25 heavy (non-hydrogen) atoms. The van der Waals surface area contributed by atoms with Gasteiger partial charge >= 0.3 is 0 Å². The number of carbonyl (C=O) groups is 2. The molecule has 0 unspecified atom stereocenters. The first kappa shape index (κ1) is 19.1. The Labute approximate surface area is 149 Å². The van der Waals surface area contributed by atoms with Crippen molar-refractivity contribution < 1.29 is 19.1 Å². The van der Waals surface area contributed by atoms with Crippen LogP contribution in [0.2, 0.25) is 0 Å². The first-order valence-electron chi connectivity index (χ1n) is 9.14. The third-order valence-electron chi connectivity index (χ3n) is 3.97. The van der Waals surface area contributed by atoms with Gasteiger partial charge in [0, 0.05) is 12.1 Å². The minimum Gasteiger partial charge on any atom is -0.490 e. The van der Waals surface area contributed by atoms with Crippen LogP contribution in [0.3, 0.4) is 0 Å². The Hall–Kier alpha value is -2.24. The molecule has 1 saturated heterocycles. The topological polar surface area (TPSA) is 76.7 Å². The molecular weight excluding hydrogens is 320 g/mol. The molecule has 0 aromatic heterocycles. The van der Waals surface area contributed by atoms with Gasteiger partial charge < -0.3 is 20.1 Å². The zero-order chi connectivity index (χ0) is 18.1. The summed E-state index contributed by atoms with van der Waals surface area (Å²) in [5.74, 6) is 0.814. The van der Waals surface area contributed by atoms with E-state index in [4.69, 9.17) is 9.47 Å². The molecule has 1 aromatic rings. The molecule has 2 N–H and O–H groups in total. The van der Waals surface area contributed by atoms with Crippen LogP contribution >= 0.6 is 0 Å². The Morgan fingerprint density at radius 2 is 1.88 bits per heavy atom. The minimum atomic E-state index is -0.481. The van der Waals surface area contributed by atoms with E-state index in [-0.39, 0.29) is 11.8 Å². The lowest BCUT2D eigenvalue weighted by atomic mass is 10.1. The summed E-state index contributed by atoms with van der Waals surface area (Å²) in [4.78, 5) is 24.5. The third-order valence-corrected chi connectivity index (χ3v) is 3.97. The fourth-order valence-corrected chi connectivity index (χ4v) is 2.62. The van der Waals surface area contributed by atoms with Crippen molar-refractivity contribution in [3.8, 4) is 11.5 Å². The van der Waals surface area contributed by atoms with E-state index < -0.39 is 6.04 Å². The van der Waals surface area contributed by atoms with Gasteiger partial charge in [-0.05, 0) is 50.3 Å². The standard InChI is InChI=1S/C19H28N2O4/c1-3-11-24-16-9-8-14(13-17(16)25-12-4-2)18(22)21-15-7-5-6-10-20-19(15)23/h8-9,13,15H,3-7,10-12H2,1-2H3,(H,20,23)(H,21,22)/t15-/m0/s1. The molecule has 0 spiro atoms. The summed E-state index contributed by atoms with van der Waals surface area (Å²) in [6.45, 7) is 5.87. The molecule has 6 heteroatoms. The van der Waals surface area contributed by atoms with Crippen LogP contribution in [0.15, 0.2) is 18.2 Å². The maximum atomic E-state index is 12.5. The van der Waals surface area contributed by atoms with Gasteiger partial charge in [-0.3, -0.25) is 9.59 Å². The molecule has 6 nitrogen and oxygen atoms in total. The fraction of sp³-hybridized carbons (Fsp3) is 0.579. The third kappa shape index (κ3) is 5.66. The highest BCUT2D eigenvalue weighted by molar-refractivity contribution is 5.98. The van der Waals surface area contributed by atoms with E-state index in [1.807, 2.05) is 13.8 Å². The van der Waals surface area contributed by atoms with E-state index in [0.717, 1.165) is 25.7 Å². The fourth-order valence-electron chi connectivity index (χ4n) is 2.62. The quantitative estimate of drug-likeness (QED) is 0.757. The van der Waals surface area contributed by atoms with Gasteiger partial charge in [-0.2, -0.15) is 0 Å². The molecule has 1 aromatic carbocycles. The van der Waals surface area contributed by atoms with Crippen LogP contribution in [-0.4, -0.2) is 37.6 Å². The van der Waals surface area contributed by atoms with Crippen LogP contribution < -0.4 is 20.1 Å². The number of ether oxygens (including phenoxy) is 2. The van der Waals surface area contributed by atoms with Crippen molar-refractivity contribution >= 4 is 11.8 Å². The number of rotatable bonds is 8. The highest BCUT2D eigenvalue weighted by Crippen LogP contribution is 2.29. The van der Waals surface area contributed by atoms with Crippen molar-refractivity contribution in [1.82, 2.24) is 10.6 Å². The molecule has 0 radical (unpaired) electrons. The van der Waals surface area contributed by atoms with E-state index in [1.165, 1.54) is 0 Å². The Morgan fingerprint density at radius 3 is 2.60 bits per heavy atom. The Morgan fingerprint density at radius 1 is 1.16 bits per heavy atom. The Balaban J connectivity index is 2.10. The van der Waals surface area contributed by atoms with Crippen molar-refractivity contribution in [2.75, 3.05) is 19.8 Å². The van der Waals surface area contributed by atoms with Crippen LogP contribution in [0.25, 0.3) is 0 Å². The van der Waals surface area contributed by atoms with Crippen LogP contribution in [0.5, 0.6) is 11.5 Å². The first-order chi connectivity index (χ1) is 12.2. The molecule has 1 heterocycles. The second kappa shape index (κ2) is 9.91. The number of amides is 2. The largest absolute Gasteiger partial charge is 0.490 e. The highest BCUT2D eigenvalue weighted by Gasteiger charge is 2.23. The number of benzene rings is 1. The monoisotopic (exact) mass is 348 g/mol. The summed E-state index contributed by atoms with van der Waals surface area (Å²) in [7, 11) is 0. The van der Waals surface area contributed by atoms with Gasteiger partial charge in [0.05, 0.1) is 13.2 Å². The number of carbonyl (C=O) groups excluding carboxylic acids is 2. The van der Waals surface area contributed by atoms with Crippen molar-refractivity contribution in [2.24, 2.45) is 0 Å². The Bertz CT molecular complexity index is 589. The maximum Gasteiger partial charge on any atom is 0.252 e. The van der Waals surface area contributed by atoms with Gasteiger partial charge in [0.1, 0.15) is 6.04 Å². The lowest BCUT2D eigenvalue weighted by Crippen LogP contribution is -2.45. The molecule has 1 atom stereocenters. The van der Waals surface area contributed by atoms with E-state index in [0.29, 0.717) is 43.2 Å². The molecule has 1 fully saturated rings. The second-order valence-corrected chi connectivity index (χ2v) is 6.17. The zero-order valence-corrected chi connectivity index (χ0v) is 15.1.